The van der Waals surface area contributed by atoms with Crippen molar-refractivity contribution < 1.29 is 10.0 Å². The van der Waals surface area contributed by atoms with E-state index in [0.29, 0.717) is 17.0 Å². The monoisotopic (exact) mass is 295 g/mol. The molecule has 6 nitrogen and oxygen atoms in total. The zero-order valence-electron chi connectivity index (χ0n) is 11.8. The third-order valence-corrected chi connectivity index (χ3v) is 3.44. The van der Waals surface area contributed by atoms with Gasteiger partial charge in [-0.1, -0.05) is 18.2 Å². The summed E-state index contributed by atoms with van der Waals surface area (Å²) in [6.07, 6.45) is 0. The molecule has 3 aromatic rings. The number of aromatic hydroxyl groups is 1. The van der Waals surface area contributed by atoms with Crippen molar-refractivity contribution in [3.8, 4) is 22.7 Å². The maximum Gasteiger partial charge on any atom is 0.269 e. The van der Waals surface area contributed by atoms with Crippen molar-refractivity contribution in [1.82, 2.24) is 9.78 Å². The van der Waals surface area contributed by atoms with Crippen LogP contribution in [0.5, 0.6) is 5.75 Å². The van der Waals surface area contributed by atoms with Gasteiger partial charge in [-0.15, -0.1) is 0 Å². The number of rotatable bonds is 3. The fourth-order valence-corrected chi connectivity index (χ4v) is 2.25. The van der Waals surface area contributed by atoms with Crippen molar-refractivity contribution in [2.45, 2.75) is 6.92 Å². The van der Waals surface area contributed by atoms with E-state index in [-0.39, 0.29) is 11.4 Å². The second-order valence-electron chi connectivity index (χ2n) is 4.83. The van der Waals surface area contributed by atoms with Crippen LogP contribution in [0.3, 0.4) is 0 Å². The summed E-state index contributed by atoms with van der Waals surface area (Å²) in [4.78, 5) is 10.2. The fraction of sp³-hybridized carbons (Fsp3) is 0.0625. The number of para-hydroxylation sites is 1. The summed E-state index contributed by atoms with van der Waals surface area (Å²) in [7, 11) is 0. The number of nitro groups is 1. The number of nitrogens with zero attached hydrogens (tertiary/aromatic N) is 3. The van der Waals surface area contributed by atoms with Crippen LogP contribution in [0, 0.1) is 17.0 Å². The molecule has 0 aliphatic carbocycles. The quantitative estimate of drug-likeness (QED) is 0.592. The molecule has 0 saturated heterocycles. The Kier molecular flexibility index (Phi) is 3.34. The molecule has 0 radical (unpaired) electrons. The molecule has 0 saturated carbocycles. The van der Waals surface area contributed by atoms with Gasteiger partial charge in [-0.05, 0) is 31.2 Å². The first-order chi connectivity index (χ1) is 10.6. The number of non-ortho nitro benzene ring substituents is 1. The van der Waals surface area contributed by atoms with Gasteiger partial charge in [0.1, 0.15) is 5.69 Å². The molecule has 22 heavy (non-hydrogen) atoms. The minimum Gasteiger partial charge on any atom is -0.504 e. The lowest BCUT2D eigenvalue weighted by Gasteiger charge is -2.02. The summed E-state index contributed by atoms with van der Waals surface area (Å²) >= 11 is 0. The average molecular weight is 295 g/mol. The van der Waals surface area contributed by atoms with E-state index in [2.05, 4.69) is 5.10 Å². The Morgan fingerprint density at radius 3 is 2.32 bits per heavy atom. The van der Waals surface area contributed by atoms with Gasteiger partial charge in [0, 0.05) is 17.7 Å². The predicted octanol–water partition coefficient (Wildman–Crippen LogP) is 3.46. The highest BCUT2D eigenvalue weighted by molar-refractivity contribution is 5.68. The summed E-state index contributed by atoms with van der Waals surface area (Å²) in [6, 6.07) is 15.4. The lowest BCUT2D eigenvalue weighted by Crippen LogP contribution is -1.98. The normalized spacial score (nSPS) is 10.6. The molecule has 0 aliphatic rings. The largest absolute Gasteiger partial charge is 0.504 e. The number of hydrogen-bond acceptors (Lipinski definition) is 4. The zero-order valence-corrected chi connectivity index (χ0v) is 11.8. The standard InChI is InChI=1S/C16H13N3O3/c1-11-16(20)15(12-7-9-14(10-8-12)19(21)22)17-18(11)13-5-3-2-4-6-13/h2-10,20H,1H3. The van der Waals surface area contributed by atoms with Gasteiger partial charge in [0.25, 0.3) is 5.69 Å². The highest BCUT2D eigenvalue weighted by Crippen LogP contribution is 2.33. The van der Waals surface area contributed by atoms with Crippen LogP contribution in [0.15, 0.2) is 54.6 Å². The first-order valence-corrected chi connectivity index (χ1v) is 6.67. The topological polar surface area (TPSA) is 81.2 Å². The molecule has 0 amide bonds. The van der Waals surface area contributed by atoms with E-state index < -0.39 is 4.92 Å². The Morgan fingerprint density at radius 2 is 1.73 bits per heavy atom. The van der Waals surface area contributed by atoms with Crippen molar-refractivity contribution in [2.24, 2.45) is 0 Å². The van der Waals surface area contributed by atoms with Gasteiger partial charge in [0.15, 0.2) is 5.75 Å². The Balaban J connectivity index is 2.07. The van der Waals surface area contributed by atoms with Crippen molar-refractivity contribution in [3.63, 3.8) is 0 Å². The van der Waals surface area contributed by atoms with Crippen molar-refractivity contribution in [2.75, 3.05) is 0 Å². The Hall–Kier alpha value is -3.15. The molecule has 1 N–H and O–H groups in total. The molecule has 3 rings (SSSR count). The van der Waals surface area contributed by atoms with E-state index in [1.165, 1.54) is 12.1 Å². The van der Waals surface area contributed by atoms with Gasteiger partial charge < -0.3 is 5.11 Å². The zero-order chi connectivity index (χ0) is 15.7. The van der Waals surface area contributed by atoms with E-state index in [9.17, 15) is 15.2 Å². The van der Waals surface area contributed by atoms with Gasteiger partial charge in [0.05, 0.1) is 16.3 Å². The third kappa shape index (κ3) is 2.31. The van der Waals surface area contributed by atoms with Gasteiger partial charge in [-0.25, -0.2) is 4.68 Å². The summed E-state index contributed by atoms with van der Waals surface area (Å²) in [5, 5.41) is 25.4. The van der Waals surface area contributed by atoms with Crippen LogP contribution < -0.4 is 0 Å². The Morgan fingerprint density at radius 1 is 1.09 bits per heavy atom. The SMILES string of the molecule is Cc1c(O)c(-c2ccc([N+](=O)[O-])cc2)nn1-c1ccccc1. The van der Waals surface area contributed by atoms with Crippen molar-refractivity contribution >= 4 is 5.69 Å². The number of hydrogen-bond donors (Lipinski definition) is 1. The highest BCUT2D eigenvalue weighted by Gasteiger charge is 2.17. The van der Waals surface area contributed by atoms with E-state index in [0.717, 1.165) is 5.69 Å². The molecule has 2 aromatic carbocycles. The summed E-state index contributed by atoms with van der Waals surface area (Å²) in [5.74, 6) is 0.0673. The smallest absolute Gasteiger partial charge is 0.269 e. The summed E-state index contributed by atoms with van der Waals surface area (Å²) in [5.41, 5.74) is 2.47. The number of benzene rings is 2. The van der Waals surface area contributed by atoms with Crippen LogP contribution in [-0.4, -0.2) is 19.8 Å². The molecule has 0 aliphatic heterocycles. The minimum absolute atomic E-state index is 0.00227. The van der Waals surface area contributed by atoms with Crippen LogP contribution in [0.25, 0.3) is 16.9 Å². The predicted molar refractivity (Wildman–Crippen MR) is 82.1 cm³/mol. The van der Waals surface area contributed by atoms with E-state index in [1.54, 1.807) is 23.7 Å². The van der Waals surface area contributed by atoms with E-state index >= 15 is 0 Å². The number of nitro benzene ring substituents is 1. The van der Waals surface area contributed by atoms with Crippen LogP contribution in [0.2, 0.25) is 0 Å². The van der Waals surface area contributed by atoms with E-state index in [4.69, 9.17) is 0 Å². The van der Waals surface area contributed by atoms with Gasteiger partial charge in [0.2, 0.25) is 0 Å². The second-order valence-corrected chi connectivity index (χ2v) is 4.83. The van der Waals surface area contributed by atoms with Crippen LogP contribution in [0.4, 0.5) is 5.69 Å². The third-order valence-electron chi connectivity index (χ3n) is 3.44. The lowest BCUT2D eigenvalue weighted by molar-refractivity contribution is -0.384. The molecule has 0 bridgehead atoms. The molecule has 0 atom stereocenters. The van der Waals surface area contributed by atoms with Crippen LogP contribution >= 0.6 is 0 Å². The van der Waals surface area contributed by atoms with Gasteiger partial charge >= 0.3 is 0 Å². The summed E-state index contributed by atoms with van der Waals surface area (Å²) in [6.45, 7) is 1.77. The maximum absolute atomic E-state index is 10.7. The summed E-state index contributed by atoms with van der Waals surface area (Å²) < 4.78 is 1.64. The lowest BCUT2D eigenvalue weighted by atomic mass is 10.1. The molecular formula is C16H13N3O3. The number of aromatic nitrogens is 2. The molecular weight excluding hydrogens is 282 g/mol. The highest BCUT2D eigenvalue weighted by atomic mass is 16.6. The van der Waals surface area contributed by atoms with Crippen LogP contribution in [-0.2, 0) is 0 Å². The van der Waals surface area contributed by atoms with Crippen molar-refractivity contribution in [1.29, 1.82) is 0 Å². The minimum atomic E-state index is -0.461. The molecule has 110 valence electrons. The molecule has 0 unspecified atom stereocenters. The second kappa shape index (κ2) is 5.33. The Labute approximate surface area is 126 Å². The molecule has 1 heterocycles. The molecule has 0 spiro atoms. The maximum atomic E-state index is 10.7. The average Bonchev–Trinajstić information content (AvgIpc) is 2.84. The molecule has 1 aromatic heterocycles. The molecule has 6 heteroatoms. The first kappa shape index (κ1) is 13.8. The molecule has 0 fully saturated rings. The van der Waals surface area contributed by atoms with Gasteiger partial charge in [-0.3, -0.25) is 10.1 Å². The van der Waals surface area contributed by atoms with Crippen molar-refractivity contribution in [3.05, 3.63) is 70.4 Å². The van der Waals surface area contributed by atoms with Crippen LogP contribution in [0.1, 0.15) is 5.69 Å². The fourth-order valence-electron chi connectivity index (χ4n) is 2.25. The Bertz CT molecular complexity index is 824. The first-order valence-electron chi connectivity index (χ1n) is 6.67. The van der Waals surface area contributed by atoms with Gasteiger partial charge in [-0.2, -0.15) is 5.10 Å². The van der Waals surface area contributed by atoms with E-state index in [1.807, 2.05) is 30.3 Å².